The number of nitrogens with zero attached hydrogens (tertiary/aromatic N) is 2. The van der Waals surface area contributed by atoms with Gasteiger partial charge in [-0.05, 0) is 38.2 Å². The standard InChI is InChI=1S/C17H24N2O2/c1-18(2)12-16-10-17(21)13-19(16)11-15-7-5-14(6-8-15)4-3-9-20/h5-8,16-17,20-21H,9-13H2,1-2H3. The van der Waals surface area contributed by atoms with E-state index in [-0.39, 0.29) is 12.7 Å². The largest absolute Gasteiger partial charge is 0.392 e. The van der Waals surface area contributed by atoms with Gasteiger partial charge in [-0.1, -0.05) is 24.0 Å². The van der Waals surface area contributed by atoms with Crippen LogP contribution in [0.5, 0.6) is 0 Å². The Morgan fingerprint density at radius 2 is 2.00 bits per heavy atom. The van der Waals surface area contributed by atoms with Gasteiger partial charge in [-0.3, -0.25) is 4.90 Å². The van der Waals surface area contributed by atoms with Crippen molar-refractivity contribution in [1.29, 1.82) is 0 Å². The zero-order valence-corrected chi connectivity index (χ0v) is 12.8. The minimum Gasteiger partial charge on any atom is -0.392 e. The van der Waals surface area contributed by atoms with E-state index in [0.717, 1.165) is 31.6 Å². The molecule has 21 heavy (non-hydrogen) atoms. The third-order valence-electron chi connectivity index (χ3n) is 3.73. The van der Waals surface area contributed by atoms with Crippen molar-refractivity contribution < 1.29 is 10.2 Å². The molecule has 1 fully saturated rings. The second-order valence-corrected chi connectivity index (χ2v) is 5.89. The molecule has 1 aromatic carbocycles. The lowest BCUT2D eigenvalue weighted by Gasteiger charge is -2.26. The maximum atomic E-state index is 9.90. The van der Waals surface area contributed by atoms with Crippen molar-refractivity contribution in [1.82, 2.24) is 9.80 Å². The highest BCUT2D eigenvalue weighted by molar-refractivity contribution is 5.36. The summed E-state index contributed by atoms with van der Waals surface area (Å²) in [5, 5.41) is 18.6. The highest BCUT2D eigenvalue weighted by Gasteiger charge is 2.30. The number of rotatable bonds is 4. The minimum absolute atomic E-state index is 0.111. The van der Waals surface area contributed by atoms with Crippen LogP contribution in [0.2, 0.25) is 0 Å². The Balaban J connectivity index is 1.99. The van der Waals surface area contributed by atoms with Gasteiger partial charge >= 0.3 is 0 Å². The van der Waals surface area contributed by atoms with Crippen LogP contribution in [-0.2, 0) is 6.54 Å². The predicted octanol–water partition coefficient (Wildman–Crippen LogP) is 0.527. The van der Waals surface area contributed by atoms with Crippen LogP contribution in [0, 0.1) is 11.8 Å². The Morgan fingerprint density at radius 1 is 1.29 bits per heavy atom. The Kier molecular flexibility index (Phi) is 5.77. The average Bonchev–Trinajstić information content (AvgIpc) is 2.77. The van der Waals surface area contributed by atoms with Gasteiger partial charge in [-0.15, -0.1) is 0 Å². The molecule has 1 aliphatic heterocycles. The molecule has 0 amide bonds. The first kappa shape index (κ1) is 16.0. The molecule has 1 aromatic rings. The Bertz CT molecular complexity index is 502. The van der Waals surface area contributed by atoms with E-state index in [1.807, 2.05) is 12.1 Å². The molecule has 1 aliphatic rings. The number of hydrogen-bond acceptors (Lipinski definition) is 4. The average molecular weight is 288 g/mol. The van der Waals surface area contributed by atoms with Crippen molar-refractivity contribution in [2.24, 2.45) is 0 Å². The van der Waals surface area contributed by atoms with E-state index < -0.39 is 0 Å². The fraction of sp³-hybridized carbons (Fsp3) is 0.529. The summed E-state index contributed by atoms with van der Waals surface area (Å²) in [7, 11) is 4.13. The van der Waals surface area contributed by atoms with E-state index in [1.54, 1.807) is 0 Å². The van der Waals surface area contributed by atoms with Gasteiger partial charge < -0.3 is 15.1 Å². The zero-order valence-electron chi connectivity index (χ0n) is 12.8. The van der Waals surface area contributed by atoms with Crippen LogP contribution in [0.15, 0.2) is 24.3 Å². The van der Waals surface area contributed by atoms with Gasteiger partial charge in [-0.25, -0.2) is 0 Å². The van der Waals surface area contributed by atoms with E-state index in [0.29, 0.717) is 6.04 Å². The first-order chi connectivity index (χ1) is 10.1. The van der Waals surface area contributed by atoms with Crippen LogP contribution < -0.4 is 0 Å². The molecular weight excluding hydrogens is 264 g/mol. The number of likely N-dealkylation sites (N-methyl/N-ethyl adjacent to an activating group) is 1. The third-order valence-corrected chi connectivity index (χ3v) is 3.73. The summed E-state index contributed by atoms with van der Waals surface area (Å²) in [5.41, 5.74) is 2.14. The van der Waals surface area contributed by atoms with E-state index >= 15 is 0 Å². The molecule has 4 heteroatoms. The van der Waals surface area contributed by atoms with E-state index in [1.165, 1.54) is 5.56 Å². The third kappa shape index (κ3) is 4.83. The van der Waals surface area contributed by atoms with Crippen LogP contribution in [0.1, 0.15) is 17.5 Å². The summed E-state index contributed by atoms with van der Waals surface area (Å²) in [6, 6.07) is 8.50. The van der Waals surface area contributed by atoms with Crippen molar-refractivity contribution in [3.8, 4) is 11.8 Å². The number of aliphatic hydroxyl groups excluding tert-OH is 2. The highest BCUT2D eigenvalue weighted by Crippen LogP contribution is 2.21. The number of β-amino-alcohol motifs (C(OH)–C–C–N with tert-alkyl or cyclic N) is 1. The first-order valence-electron chi connectivity index (χ1n) is 7.34. The van der Waals surface area contributed by atoms with Crippen molar-refractivity contribution >= 4 is 0 Å². The van der Waals surface area contributed by atoms with Crippen LogP contribution in [0.3, 0.4) is 0 Å². The molecule has 0 spiro atoms. The first-order valence-corrected chi connectivity index (χ1v) is 7.34. The maximum absolute atomic E-state index is 9.90. The number of benzene rings is 1. The molecule has 1 saturated heterocycles. The molecule has 0 radical (unpaired) electrons. The van der Waals surface area contributed by atoms with Gasteiger partial charge in [0.05, 0.1) is 6.10 Å². The molecule has 2 N–H and O–H groups in total. The lowest BCUT2D eigenvalue weighted by atomic mass is 10.1. The van der Waals surface area contributed by atoms with Crippen LogP contribution in [0.25, 0.3) is 0 Å². The van der Waals surface area contributed by atoms with Crippen molar-refractivity contribution in [3.05, 3.63) is 35.4 Å². The van der Waals surface area contributed by atoms with Gasteiger partial charge in [0, 0.05) is 31.2 Å². The molecule has 1 heterocycles. The van der Waals surface area contributed by atoms with E-state index in [9.17, 15) is 5.11 Å². The summed E-state index contributed by atoms with van der Waals surface area (Å²) >= 11 is 0. The van der Waals surface area contributed by atoms with Crippen LogP contribution in [-0.4, -0.2) is 66.0 Å². The SMILES string of the molecule is CN(C)CC1CC(O)CN1Cc1ccc(C#CCO)cc1. The summed E-state index contributed by atoms with van der Waals surface area (Å²) in [6.45, 7) is 2.45. The molecule has 2 rings (SSSR count). The summed E-state index contributed by atoms with van der Waals surface area (Å²) in [5.74, 6) is 5.54. The van der Waals surface area contributed by atoms with Crippen LogP contribution in [0.4, 0.5) is 0 Å². The minimum atomic E-state index is -0.218. The molecule has 0 saturated carbocycles. The van der Waals surface area contributed by atoms with Gasteiger partial charge in [-0.2, -0.15) is 0 Å². The maximum Gasteiger partial charge on any atom is 0.104 e. The molecule has 0 bridgehead atoms. The van der Waals surface area contributed by atoms with Crippen molar-refractivity contribution in [2.45, 2.75) is 25.1 Å². The molecule has 2 atom stereocenters. The smallest absolute Gasteiger partial charge is 0.104 e. The van der Waals surface area contributed by atoms with Gasteiger partial charge in [0.1, 0.15) is 6.61 Å². The lowest BCUT2D eigenvalue weighted by molar-refractivity contribution is 0.169. The molecule has 0 aromatic heterocycles. The second-order valence-electron chi connectivity index (χ2n) is 5.89. The van der Waals surface area contributed by atoms with Gasteiger partial charge in [0.25, 0.3) is 0 Å². The Morgan fingerprint density at radius 3 is 2.62 bits per heavy atom. The number of hydrogen-bond donors (Lipinski definition) is 2. The van der Waals surface area contributed by atoms with Crippen LogP contribution >= 0.6 is 0 Å². The normalized spacial score (nSPS) is 22.3. The summed E-state index contributed by atoms with van der Waals surface area (Å²) in [4.78, 5) is 4.52. The monoisotopic (exact) mass is 288 g/mol. The number of aliphatic hydroxyl groups is 2. The summed E-state index contributed by atoms with van der Waals surface area (Å²) < 4.78 is 0. The fourth-order valence-corrected chi connectivity index (χ4v) is 2.83. The molecular formula is C17H24N2O2. The quantitative estimate of drug-likeness (QED) is 0.793. The lowest BCUT2D eigenvalue weighted by Crippen LogP contribution is -2.37. The van der Waals surface area contributed by atoms with E-state index in [4.69, 9.17) is 5.11 Å². The van der Waals surface area contributed by atoms with Gasteiger partial charge in [0.15, 0.2) is 0 Å². The molecule has 2 unspecified atom stereocenters. The summed E-state index contributed by atoms with van der Waals surface area (Å²) in [6.07, 6.45) is 0.628. The molecule has 114 valence electrons. The Labute approximate surface area is 127 Å². The van der Waals surface area contributed by atoms with E-state index in [2.05, 4.69) is 47.9 Å². The Hall–Kier alpha value is -1.38. The zero-order chi connectivity index (χ0) is 15.2. The molecule has 4 nitrogen and oxygen atoms in total. The fourth-order valence-electron chi connectivity index (χ4n) is 2.83. The predicted molar refractivity (Wildman–Crippen MR) is 83.8 cm³/mol. The molecule has 0 aliphatic carbocycles. The highest BCUT2D eigenvalue weighted by atomic mass is 16.3. The second kappa shape index (κ2) is 7.58. The van der Waals surface area contributed by atoms with Crippen molar-refractivity contribution in [2.75, 3.05) is 33.8 Å². The topological polar surface area (TPSA) is 46.9 Å². The van der Waals surface area contributed by atoms with Gasteiger partial charge in [0.2, 0.25) is 0 Å². The number of likely N-dealkylation sites (tertiary alicyclic amines) is 1. The van der Waals surface area contributed by atoms with Crippen molar-refractivity contribution in [3.63, 3.8) is 0 Å².